The zero-order chi connectivity index (χ0) is 25.4. The summed E-state index contributed by atoms with van der Waals surface area (Å²) in [6.07, 6.45) is 1.87. The SMILES string of the molecule is Cc1ccc(C)c(N(Cc2ccc(C(=O)N[C@H]3CC(C)(C)Oc4ccccc43)cc2)S(C)(=O)=O)c1. The summed E-state index contributed by atoms with van der Waals surface area (Å²) >= 11 is 0. The number of hydrogen-bond donors (Lipinski definition) is 1. The zero-order valence-electron chi connectivity index (χ0n) is 20.8. The van der Waals surface area contributed by atoms with E-state index in [1.807, 2.05) is 70.2 Å². The Morgan fingerprint density at radius 1 is 1.06 bits per heavy atom. The van der Waals surface area contributed by atoms with Crippen LogP contribution in [0.1, 0.15) is 58.9 Å². The topological polar surface area (TPSA) is 75.7 Å². The van der Waals surface area contributed by atoms with Crippen molar-refractivity contribution in [1.29, 1.82) is 0 Å². The van der Waals surface area contributed by atoms with Crippen LogP contribution in [0.2, 0.25) is 0 Å². The number of nitrogens with zero attached hydrogens (tertiary/aromatic N) is 1. The minimum Gasteiger partial charge on any atom is -0.487 e. The normalized spacial score (nSPS) is 16.7. The Hall–Kier alpha value is -3.32. The predicted octanol–water partition coefficient (Wildman–Crippen LogP) is 5.30. The average Bonchev–Trinajstić information content (AvgIpc) is 2.78. The van der Waals surface area contributed by atoms with Gasteiger partial charge < -0.3 is 10.1 Å². The Kier molecular flexibility index (Phi) is 6.64. The molecule has 0 aliphatic carbocycles. The standard InChI is InChI=1S/C28H32N2O4S/c1-19-10-11-20(2)25(16-19)30(35(5,32)33)18-21-12-14-22(15-13-21)27(31)29-24-17-28(3,4)34-26-9-7-6-8-23(24)26/h6-16,24H,17-18H2,1-5H3,(H,29,31)/t24-/m0/s1. The van der Waals surface area contributed by atoms with Crippen LogP contribution in [0.3, 0.4) is 0 Å². The molecule has 1 aliphatic heterocycles. The summed E-state index contributed by atoms with van der Waals surface area (Å²) in [4.78, 5) is 13.1. The Balaban J connectivity index is 1.53. The van der Waals surface area contributed by atoms with Crippen LogP contribution in [0, 0.1) is 13.8 Å². The molecule has 0 unspecified atom stereocenters. The van der Waals surface area contributed by atoms with Gasteiger partial charge in [-0.1, -0.05) is 42.5 Å². The maximum atomic E-state index is 13.1. The quantitative estimate of drug-likeness (QED) is 0.507. The van der Waals surface area contributed by atoms with Gasteiger partial charge in [0.2, 0.25) is 10.0 Å². The van der Waals surface area contributed by atoms with E-state index in [0.717, 1.165) is 28.0 Å². The van der Waals surface area contributed by atoms with Gasteiger partial charge in [0.25, 0.3) is 5.91 Å². The van der Waals surface area contributed by atoms with E-state index in [1.54, 1.807) is 24.3 Å². The summed E-state index contributed by atoms with van der Waals surface area (Å²) in [7, 11) is -3.50. The number of hydrogen-bond acceptors (Lipinski definition) is 4. The number of carbonyl (C=O) groups excluding carboxylic acids is 1. The van der Waals surface area contributed by atoms with Crippen molar-refractivity contribution in [3.8, 4) is 5.75 Å². The lowest BCUT2D eigenvalue weighted by atomic mass is 9.89. The molecule has 35 heavy (non-hydrogen) atoms. The van der Waals surface area contributed by atoms with Crippen molar-refractivity contribution < 1.29 is 17.9 Å². The van der Waals surface area contributed by atoms with Crippen molar-refractivity contribution >= 4 is 21.6 Å². The first-order chi connectivity index (χ1) is 16.4. The second-order valence-corrected chi connectivity index (χ2v) is 11.8. The van der Waals surface area contributed by atoms with Gasteiger partial charge in [0, 0.05) is 17.5 Å². The van der Waals surface area contributed by atoms with Crippen LogP contribution in [0.5, 0.6) is 5.75 Å². The molecule has 0 saturated carbocycles. The summed E-state index contributed by atoms with van der Waals surface area (Å²) in [6.45, 7) is 8.05. The number of benzene rings is 3. The van der Waals surface area contributed by atoms with Crippen LogP contribution in [-0.4, -0.2) is 26.2 Å². The monoisotopic (exact) mass is 492 g/mol. The van der Waals surface area contributed by atoms with E-state index >= 15 is 0 Å². The molecule has 0 saturated heterocycles. The van der Waals surface area contributed by atoms with Gasteiger partial charge in [0.1, 0.15) is 11.4 Å². The third-order valence-electron chi connectivity index (χ3n) is 6.26. The third-order valence-corrected chi connectivity index (χ3v) is 7.38. The Morgan fingerprint density at radius 3 is 2.43 bits per heavy atom. The highest BCUT2D eigenvalue weighted by Gasteiger charge is 2.34. The molecule has 6 nitrogen and oxygen atoms in total. The summed E-state index contributed by atoms with van der Waals surface area (Å²) in [5.74, 6) is 0.611. The first kappa shape index (κ1) is 24.8. The highest BCUT2D eigenvalue weighted by atomic mass is 32.2. The first-order valence-corrected chi connectivity index (χ1v) is 13.5. The molecule has 0 spiro atoms. The average molecular weight is 493 g/mol. The van der Waals surface area contributed by atoms with Gasteiger partial charge in [0.05, 0.1) is 24.5 Å². The molecular weight excluding hydrogens is 460 g/mol. The Labute approximate surface area is 208 Å². The van der Waals surface area contributed by atoms with Gasteiger partial charge in [-0.2, -0.15) is 0 Å². The number of nitrogens with one attached hydrogen (secondary N) is 1. The first-order valence-electron chi connectivity index (χ1n) is 11.7. The van der Waals surface area contributed by atoms with E-state index in [9.17, 15) is 13.2 Å². The molecule has 3 aromatic carbocycles. The maximum Gasteiger partial charge on any atom is 0.251 e. The minimum absolute atomic E-state index is 0.160. The fraction of sp³-hybridized carbons (Fsp3) is 0.321. The molecular formula is C28H32N2O4S. The number of rotatable bonds is 6. The molecule has 3 aromatic rings. The van der Waals surface area contributed by atoms with Crippen LogP contribution in [0.4, 0.5) is 5.69 Å². The van der Waals surface area contributed by atoms with E-state index < -0.39 is 10.0 Å². The van der Waals surface area contributed by atoms with Crippen LogP contribution in [0.15, 0.2) is 66.7 Å². The number of carbonyl (C=O) groups is 1. The van der Waals surface area contributed by atoms with Crippen molar-refractivity contribution in [3.63, 3.8) is 0 Å². The highest BCUT2D eigenvalue weighted by molar-refractivity contribution is 7.92. The second kappa shape index (κ2) is 9.38. The van der Waals surface area contributed by atoms with Crippen LogP contribution in [0.25, 0.3) is 0 Å². The van der Waals surface area contributed by atoms with E-state index in [0.29, 0.717) is 17.7 Å². The molecule has 184 valence electrons. The zero-order valence-corrected chi connectivity index (χ0v) is 21.6. The molecule has 1 amide bonds. The van der Waals surface area contributed by atoms with Gasteiger partial charge in [-0.3, -0.25) is 9.10 Å². The molecule has 1 N–H and O–H groups in total. The number of amides is 1. The van der Waals surface area contributed by atoms with E-state index in [1.165, 1.54) is 10.6 Å². The van der Waals surface area contributed by atoms with Crippen molar-refractivity contribution in [3.05, 3.63) is 94.5 Å². The van der Waals surface area contributed by atoms with E-state index in [2.05, 4.69) is 5.32 Å². The Morgan fingerprint density at radius 2 is 1.74 bits per heavy atom. The maximum absolute atomic E-state index is 13.1. The van der Waals surface area contributed by atoms with Crippen LogP contribution >= 0.6 is 0 Å². The smallest absolute Gasteiger partial charge is 0.251 e. The number of aryl methyl sites for hydroxylation is 2. The van der Waals surface area contributed by atoms with Crippen molar-refractivity contribution in [1.82, 2.24) is 5.32 Å². The molecule has 1 aliphatic rings. The fourth-order valence-electron chi connectivity index (χ4n) is 4.47. The summed E-state index contributed by atoms with van der Waals surface area (Å²) in [5.41, 5.74) is 4.43. The van der Waals surface area contributed by atoms with Crippen molar-refractivity contribution in [2.24, 2.45) is 0 Å². The number of fused-ring (bicyclic) bond motifs is 1. The fourth-order valence-corrected chi connectivity index (χ4v) is 5.41. The molecule has 0 bridgehead atoms. The number of para-hydroxylation sites is 1. The highest BCUT2D eigenvalue weighted by Crippen LogP contribution is 2.39. The lowest BCUT2D eigenvalue weighted by Crippen LogP contribution is -2.41. The number of ether oxygens (including phenoxy) is 1. The largest absolute Gasteiger partial charge is 0.487 e. The third kappa shape index (κ3) is 5.68. The van der Waals surface area contributed by atoms with Crippen molar-refractivity contribution in [2.75, 3.05) is 10.6 Å². The van der Waals surface area contributed by atoms with Gasteiger partial charge in [-0.25, -0.2) is 8.42 Å². The molecule has 7 heteroatoms. The van der Waals surface area contributed by atoms with Crippen LogP contribution in [-0.2, 0) is 16.6 Å². The molecule has 0 fully saturated rings. The van der Waals surface area contributed by atoms with Gasteiger partial charge >= 0.3 is 0 Å². The van der Waals surface area contributed by atoms with Gasteiger partial charge in [-0.05, 0) is 68.7 Å². The predicted molar refractivity (Wildman–Crippen MR) is 139 cm³/mol. The molecule has 0 radical (unpaired) electrons. The van der Waals surface area contributed by atoms with Gasteiger partial charge in [0.15, 0.2) is 0 Å². The lowest BCUT2D eigenvalue weighted by Gasteiger charge is -2.37. The molecule has 1 heterocycles. The number of anilines is 1. The van der Waals surface area contributed by atoms with Crippen molar-refractivity contribution in [2.45, 2.75) is 52.3 Å². The van der Waals surface area contributed by atoms with E-state index in [-0.39, 0.29) is 24.1 Å². The van der Waals surface area contributed by atoms with Crippen LogP contribution < -0.4 is 14.4 Å². The summed E-state index contributed by atoms with van der Waals surface area (Å²) < 4.78 is 32.7. The lowest BCUT2D eigenvalue weighted by molar-refractivity contribution is 0.0619. The number of sulfonamides is 1. The summed E-state index contributed by atoms with van der Waals surface area (Å²) in [6, 6.07) is 20.5. The molecule has 4 rings (SSSR count). The van der Waals surface area contributed by atoms with E-state index in [4.69, 9.17) is 4.74 Å². The summed E-state index contributed by atoms with van der Waals surface area (Å²) in [5, 5.41) is 3.15. The molecule has 1 atom stereocenters. The minimum atomic E-state index is -3.50. The van der Waals surface area contributed by atoms with Gasteiger partial charge in [-0.15, -0.1) is 0 Å². The molecule has 0 aromatic heterocycles. The second-order valence-electron chi connectivity index (χ2n) is 9.89. The Bertz CT molecular complexity index is 1350.